The number of fused-ring (bicyclic) bond motifs is 1. The van der Waals surface area contributed by atoms with Gasteiger partial charge in [-0.15, -0.1) is 11.3 Å². The van der Waals surface area contributed by atoms with E-state index in [0.29, 0.717) is 0 Å². The van der Waals surface area contributed by atoms with Gasteiger partial charge in [-0.2, -0.15) is 0 Å². The normalized spacial score (nSPS) is 14.7. The lowest BCUT2D eigenvalue weighted by Crippen LogP contribution is -2.35. The molecule has 0 aliphatic carbocycles. The van der Waals surface area contributed by atoms with E-state index in [1.54, 1.807) is 24.5 Å². The maximum atomic E-state index is 10.8. The lowest BCUT2D eigenvalue weighted by Gasteiger charge is -2.17. The van der Waals surface area contributed by atoms with E-state index >= 15 is 0 Å². The van der Waals surface area contributed by atoms with Gasteiger partial charge in [0.15, 0.2) is 0 Å². The van der Waals surface area contributed by atoms with E-state index in [1.807, 2.05) is 18.4 Å². The summed E-state index contributed by atoms with van der Waals surface area (Å²) in [6.45, 7) is 3.58. The summed E-state index contributed by atoms with van der Waals surface area (Å²) in [6.07, 6.45) is 1.79. The molecule has 0 fully saturated rings. The van der Waals surface area contributed by atoms with Crippen molar-refractivity contribution in [2.45, 2.75) is 25.9 Å². The molecule has 2 atom stereocenters. The Kier molecular flexibility index (Phi) is 3.40. The summed E-state index contributed by atoms with van der Waals surface area (Å²) in [5.74, 6) is -0.845. The zero-order valence-corrected chi connectivity index (χ0v) is 10.5. The fourth-order valence-corrected chi connectivity index (χ4v) is 2.43. The number of aliphatic carboxylic acids is 1. The number of aromatic nitrogens is 1. The fourth-order valence-electron chi connectivity index (χ4n) is 1.64. The zero-order chi connectivity index (χ0) is 12.4. The largest absolute Gasteiger partial charge is 0.480 e. The summed E-state index contributed by atoms with van der Waals surface area (Å²) in [6, 6.07) is 3.44. The first-order valence-corrected chi connectivity index (χ1v) is 6.28. The Labute approximate surface area is 103 Å². The maximum Gasteiger partial charge on any atom is 0.320 e. The lowest BCUT2D eigenvalue weighted by atomic mass is 10.1. The zero-order valence-electron chi connectivity index (χ0n) is 9.68. The number of thiophene rings is 1. The minimum atomic E-state index is -0.845. The van der Waals surface area contributed by atoms with Gasteiger partial charge < -0.3 is 5.11 Å². The van der Waals surface area contributed by atoms with E-state index in [9.17, 15) is 4.79 Å². The van der Waals surface area contributed by atoms with Crippen molar-refractivity contribution in [3.8, 4) is 0 Å². The second-order valence-corrected chi connectivity index (χ2v) is 4.97. The molecule has 4 nitrogen and oxygen atoms in total. The van der Waals surface area contributed by atoms with Crippen LogP contribution >= 0.6 is 11.3 Å². The molecule has 0 spiro atoms. The standard InChI is InChI=1S/C12H14N2O2S/c1-7(14-8(2)12(15)16)9-5-11-10(13-6-9)3-4-17-11/h3-8,14H,1-2H3,(H,15,16)/t7?,8-/m1/s1. The third-order valence-electron chi connectivity index (χ3n) is 2.69. The molecule has 0 aliphatic heterocycles. The third-order valence-corrected chi connectivity index (χ3v) is 3.55. The summed E-state index contributed by atoms with van der Waals surface area (Å²) in [5, 5.41) is 13.9. The molecule has 0 saturated carbocycles. The summed E-state index contributed by atoms with van der Waals surface area (Å²) in [5.41, 5.74) is 1.99. The molecule has 0 aromatic carbocycles. The molecule has 2 rings (SSSR count). The molecule has 0 saturated heterocycles. The minimum absolute atomic E-state index is 0.0277. The fraction of sp³-hybridized carbons (Fsp3) is 0.333. The van der Waals surface area contributed by atoms with Gasteiger partial charge in [0.25, 0.3) is 0 Å². The SMILES string of the molecule is CC(N[C@H](C)C(=O)O)c1cnc2ccsc2c1. The molecular weight excluding hydrogens is 236 g/mol. The first-order valence-electron chi connectivity index (χ1n) is 5.40. The minimum Gasteiger partial charge on any atom is -0.480 e. The van der Waals surface area contributed by atoms with Gasteiger partial charge in [-0.3, -0.25) is 15.1 Å². The highest BCUT2D eigenvalue weighted by atomic mass is 32.1. The van der Waals surface area contributed by atoms with Crippen molar-refractivity contribution >= 4 is 27.5 Å². The van der Waals surface area contributed by atoms with Gasteiger partial charge in [0.2, 0.25) is 0 Å². The summed E-state index contributed by atoms with van der Waals surface area (Å²) in [4.78, 5) is 15.1. The number of nitrogens with one attached hydrogen (secondary N) is 1. The number of carboxylic acids is 1. The average molecular weight is 250 g/mol. The average Bonchev–Trinajstić information content (AvgIpc) is 2.75. The second-order valence-electron chi connectivity index (χ2n) is 4.02. The van der Waals surface area contributed by atoms with Crippen LogP contribution in [0.1, 0.15) is 25.5 Å². The molecule has 1 unspecified atom stereocenters. The van der Waals surface area contributed by atoms with Gasteiger partial charge in [0.1, 0.15) is 6.04 Å². The van der Waals surface area contributed by atoms with Crippen LogP contribution in [0.4, 0.5) is 0 Å². The molecule has 0 radical (unpaired) electrons. The number of rotatable bonds is 4. The van der Waals surface area contributed by atoms with Crippen molar-refractivity contribution in [3.63, 3.8) is 0 Å². The second kappa shape index (κ2) is 4.81. The highest BCUT2D eigenvalue weighted by Gasteiger charge is 2.15. The van der Waals surface area contributed by atoms with Crippen LogP contribution in [0.3, 0.4) is 0 Å². The molecule has 2 heterocycles. The predicted octanol–water partition coefficient (Wildman–Crippen LogP) is 2.42. The molecule has 2 aromatic rings. The van der Waals surface area contributed by atoms with E-state index in [2.05, 4.69) is 16.4 Å². The van der Waals surface area contributed by atoms with E-state index in [0.717, 1.165) is 15.8 Å². The van der Waals surface area contributed by atoms with Crippen LogP contribution in [0.15, 0.2) is 23.7 Å². The Hall–Kier alpha value is -1.46. The smallest absolute Gasteiger partial charge is 0.320 e. The Morgan fingerprint density at radius 2 is 2.29 bits per heavy atom. The summed E-state index contributed by atoms with van der Waals surface area (Å²) < 4.78 is 1.12. The van der Waals surface area contributed by atoms with Crippen LogP contribution in [-0.2, 0) is 4.79 Å². The van der Waals surface area contributed by atoms with E-state index in [-0.39, 0.29) is 6.04 Å². The van der Waals surface area contributed by atoms with Gasteiger partial charge in [0.05, 0.1) is 10.2 Å². The molecular formula is C12H14N2O2S. The first-order chi connectivity index (χ1) is 8.08. The highest BCUT2D eigenvalue weighted by molar-refractivity contribution is 7.17. The topological polar surface area (TPSA) is 62.2 Å². The molecule has 90 valence electrons. The highest BCUT2D eigenvalue weighted by Crippen LogP contribution is 2.22. The quantitative estimate of drug-likeness (QED) is 0.874. The number of hydrogen-bond donors (Lipinski definition) is 2. The van der Waals surface area contributed by atoms with Crippen molar-refractivity contribution in [3.05, 3.63) is 29.3 Å². The number of hydrogen-bond acceptors (Lipinski definition) is 4. The molecule has 0 amide bonds. The molecule has 2 N–H and O–H groups in total. The van der Waals surface area contributed by atoms with Gasteiger partial charge in [0, 0.05) is 12.2 Å². The monoisotopic (exact) mass is 250 g/mol. The van der Waals surface area contributed by atoms with Gasteiger partial charge in [-0.1, -0.05) is 0 Å². The van der Waals surface area contributed by atoms with Crippen molar-refractivity contribution in [1.29, 1.82) is 0 Å². The van der Waals surface area contributed by atoms with Crippen LogP contribution in [0.5, 0.6) is 0 Å². The Morgan fingerprint density at radius 1 is 1.53 bits per heavy atom. The molecule has 2 aromatic heterocycles. The van der Waals surface area contributed by atoms with Crippen molar-refractivity contribution in [2.24, 2.45) is 0 Å². The van der Waals surface area contributed by atoms with Gasteiger partial charge in [-0.25, -0.2) is 0 Å². The molecule has 0 bridgehead atoms. The number of pyridine rings is 1. The molecule has 0 aliphatic rings. The van der Waals surface area contributed by atoms with E-state index in [4.69, 9.17) is 5.11 Å². The molecule has 5 heteroatoms. The Morgan fingerprint density at radius 3 is 3.00 bits per heavy atom. The first kappa shape index (κ1) is 12.0. The predicted molar refractivity (Wildman–Crippen MR) is 68.3 cm³/mol. The van der Waals surface area contributed by atoms with Crippen molar-refractivity contribution in [2.75, 3.05) is 0 Å². The lowest BCUT2D eigenvalue weighted by molar-refractivity contribution is -0.139. The van der Waals surface area contributed by atoms with Gasteiger partial charge in [-0.05, 0) is 36.9 Å². The number of carboxylic acid groups (broad SMARTS) is 1. The van der Waals surface area contributed by atoms with Crippen LogP contribution in [0.25, 0.3) is 10.2 Å². The van der Waals surface area contributed by atoms with Crippen molar-refractivity contribution in [1.82, 2.24) is 10.3 Å². The third kappa shape index (κ3) is 2.62. The Bertz CT molecular complexity index is 538. The van der Waals surface area contributed by atoms with Crippen LogP contribution in [0.2, 0.25) is 0 Å². The Balaban J connectivity index is 2.18. The summed E-state index contributed by atoms with van der Waals surface area (Å²) >= 11 is 1.64. The van der Waals surface area contributed by atoms with Crippen LogP contribution in [0, 0.1) is 0 Å². The van der Waals surface area contributed by atoms with Crippen LogP contribution in [-0.4, -0.2) is 22.1 Å². The van der Waals surface area contributed by atoms with Crippen LogP contribution < -0.4 is 5.32 Å². The van der Waals surface area contributed by atoms with E-state index < -0.39 is 12.0 Å². The van der Waals surface area contributed by atoms with Gasteiger partial charge >= 0.3 is 5.97 Å². The van der Waals surface area contributed by atoms with E-state index in [1.165, 1.54) is 0 Å². The number of carbonyl (C=O) groups is 1. The number of nitrogens with zero attached hydrogens (tertiary/aromatic N) is 1. The van der Waals surface area contributed by atoms with Crippen molar-refractivity contribution < 1.29 is 9.90 Å². The maximum absolute atomic E-state index is 10.8. The molecule has 17 heavy (non-hydrogen) atoms. The summed E-state index contributed by atoms with van der Waals surface area (Å²) in [7, 11) is 0.